The molecule has 0 unspecified atom stereocenters. The van der Waals surface area contributed by atoms with Crippen LogP contribution in [0.2, 0.25) is 5.28 Å². The quantitative estimate of drug-likeness (QED) is 0.484. The molecule has 4 rings (SSSR count). The number of ether oxygens (including phenoxy) is 1. The zero-order valence-corrected chi connectivity index (χ0v) is 15.4. The summed E-state index contributed by atoms with van der Waals surface area (Å²) in [6, 6.07) is 11.4. The lowest BCUT2D eigenvalue weighted by molar-refractivity contribution is 0.0544. The molecular formula is C19H17ClN4O2. The molecule has 0 aliphatic carbocycles. The molecule has 0 bridgehead atoms. The SMILES string of the molecule is CC(C)(C)OC(=O)n1cc(-c2nc(Cl)nn3cccc23)c2ccccc21. The molecule has 7 heteroatoms. The van der Waals surface area contributed by atoms with E-state index in [2.05, 4.69) is 10.1 Å². The van der Waals surface area contributed by atoms with E-state index in [1.165, 1.54) is 4.57 Å². The van der Waals surface area contributed by atoms with Crippen LogP contribution in [0.1, 0.15) is 20.8 Å². The topological polar surface area (TPSA) is 61.4 Å². The van der Waals surface area contributed by atoms with E-state index in [-0.39, 0.29) is 5.28 Å². The zero-order chi connectivity index (χ0) is 18.5. The fourth-order valence-electron chi connectivity index (χ4n) is 2.94. The molecule has 0 saturated heterocycles. The summed E-state index contributed by atoms with van der Waals surface area (Å²) in [5, 5.41) is 5.19. The van der Waals surface area contributed by atoms with Gasteiger partial charge in [-0.2, -0.15) is 0 Å². The first kappa shape index (κ1) is 16.6. The third kappa shape index (κ3) is 2.82. The summed E-state index contributed by atoms with van der Waals surface area (Å²) in [6.45, 7) is 5.52. The minimum atomic E-state index is -0.588. The van der Waals surface area contributed by atoms with E-state index in [0.29, 0.717) is 5.69 Å². The van der Waals surface area contributed by atoms with E-state index in [9.17, 15) is 4.79 Å². The van der Waals surface area contributed by atoms with Gasteiger partial charge in [0.25, 0.3) is 0 Å². The molecule has 0 atom stereocenters. The van der Waals surface area contributed by atoms with Crippen LogP contribution in [0.3, 0.4) is 0 Å². The molecular weight excluding hydrogens is 352 g/mol. The number of hydrogen-bond donors (Lipinski definition) is 0. The van der Waals surface area contributed by atoms with Crippen LogP contribution < -0.4 is 0 Å². The molecule has 0 spiro atoms. The normalized spacial score (nSPS) is 12.0. The van der Waals surface area contributed by atoms with Crippen molar-refractivity contribution in [2.24, 2.45) is 0 Å². The van der Waals surface area contributed by atoms with Crippen LogP contribution in [0.15, 0.2) is 48.8 Å². The molecule has 0 fully saturated rings. The Kier molecular flexibility index (Phi) is 3.73. The molecule has 26 heavy (non-hydrogen) atoms. The highest BCUT2D eigenvalue weighted by Crippen LogP contribution is 2.33. The maximum Gasteiger partial charge on any atom is 0.419 e. The van der Waals surface area contributed by atoms with Gasteiger partial charge in [0.1, 0.15) is 11.3 Å². The lowest BCUT2D eigenvalue weighted by Gasteiger charge is -2.19. The van der Waals surface area contributed by atoms with Gasteiger partial charge in [0, 0.05) is 23.3 Å². The predicted molar refractivity (Wildman–Crippen MR) is 101 cm³/mol. The van der Waals surface area contributed by atoms with E-state index in [0.717, 1.165) is 22.0 Å². The van der Waals surface area contributed by atoms with Crippen LogP contribution in [0.25, 0.3) is 27.7 Å². The molecule has 0 aliphatic rings. The van der Waals surface area contributed by atoms with Gasteiger partial charge >= 0.3 is 6.09 Å². The standard InChI is InChI=1S/C19H17ClN4O2/c1-19(2,3)26-18(25)23-11-13(12-7-4-5-8-14(12)23)16-15-9-6-10-24(15)22-17(20)21-16/h4-11H,1-3H3. The van der Waals surface area contributed by atoms with Gasteiger partial charge in [-0.1, -0.05) is 18.2 Å². The number of aromatic nitrogens is 4. The maximum absolute atomic E-state index is 12.7. The molecule has 0 amide bonds. The van der Waals surface area contributed by atoms with E-state index in [4.69, 9.17) is 16.3 Å². The Morgan fingerprint density at radius 3 is 2.62 bits per heavy atom. The number of carbonyl (C=O) groups excluding carboxylic acids is 1. The minimum absolute atomic E-state index is 0.137. The summed E-state index contributed by atoms with van der Waals surface area (Å²) in [5.74, 6) is 0. The summed E-state index contributed by atoms with van der Waals surface area (Å²) in [5.41, 5.74) is 2.42. The number of nitrogens with zero attached hydrogens (tertiary/aromatic N) is 4. The second-order valence-corrected chi connectivity index (χ2v) is 7.32. The van der Waals surface area contributed by atoms with Crippen molar-refractivity contribution in [3.8, 4) is 11.3 Å². The van der Waals surface area contributed by atoms with Crippen molar-refractivity contribution in [3.05, 3.63) is 54.1 Å². The Morgan fingerprint density at radius 2 is 1.85 bits per heavy atom. The second-order valence-electron chi connectivity index (χ2n) is 6.98. The van der Waals surface area contributed by atoms with Gasteiger partial charge in [-0.05, 0) is 50.6 Å². The number of halogens is 1. The molecule has 6 nitrogen and oxygen atoms in total. The van der Waals surface area contributed by atoms with Crippen LogP contribution in [0, 0.1) is 0 Å². The van der Waals surface area contributed by atoms with Crippen molar-refractivity contribution in [2.75, 3.05) is 0 Å². The van der Waals surface area contributed by atoms with Crippen molar-refractivity contribution < 1.29 is 9.53 Å². The van der Waals surface area contributed by atoms with Crippen LogP contribution in [-0.4, -0.2) is 30.9 Å². The fourth-order valence-corrected chi connectivity index (χ4v) is 3.10. The van der Waals surface area contributed by atoms with E-state index < -0.39 is 11.7 Å². The molecule has 0 N–H and O–H groups in total. The first-order valence-corrected chi connectivity index (χ1v) is 8.56. The van der Waals surface area contributed by atoms with Crippen molar-refractivity contribution in [1.82, 2.24) is 19.2 Å². The molecule has 4 aromatic rings. The first-order valence-electron chi connectivity index (χ1n) is 8.18. The highest BCUT2D eigenvalue weighted by Gasteiger charge is 2.22. The predicted octanol–water partition coefficient (Wildman–Crippen LogP) is 4.79. The van der Waals surface area contributed by atoms with Crippen molar-refractivity contribution in [3.63, 3.8) is 0 Å². The number of hydrogen-bond acceptors (Lipinski definition) is 4. The van der Waals surface area contributed by atoms with Crippen LogP contribution in [0.5, 0.6) is 0 Å². The summed E-state index contributed by atoms with van der Waals surface area (Å²) < 4.78 is 8.71. The Labute approximate surface area is 155 Å². The third-order valence-corrected chi connectivity index (χ3v) is 4.08. The molecule has 3 heterocycles. The molecule has 132 valence electrons. The number of para-hydroxylation sites is 1. The average molecular weight is 369 g/mol. The number of carbonyl (C=O) groups is 1. The maximum atomic E-state index is 12.7. The molecule has 3 aromatic heterocycles. The van der Waals surface area contributed by atoms with Crippen LogP contribution in [-0.2, 0) is 4.74 Å². The third-order valence-electron chi connectivity index (χ3n) is 3.92. The van der Waals surface area contributed by atoms with Gasteiger partial charge in [0.15, 0.2) is 0 Å². The van der Waals surface area contributed by atoms with Gasteiger partial charge in [-0.15, -0.1) is 5.10 Å². The Bertz CT molecular complexity index is 1140. The Hall–Kier alpha value is -2.86. The van der Waals surface area contributed by atoms with Crippen LogP contribution in [0.4, 0.5) is 4.79 Å². The van der Waals surface area contributed by atoms with Gasteiger partial charge in [-0.25, -0.2) is 14.3 Å². The molecule has 0 radical (unpaired) electrons. The lowest BCUT2D eigenvalue weighted by Crippen LogP contribution is -2.26. The van der Waals surface area contributed by atoms with Crippen LogP contribution >= 0.6 is 11.6 Å². The summed E-state index contributed by atoms with van der Waals surface area (Å²) in [4.78, 5) is 17.1. The molecule has 0 saturated carbocycles. The van der Waals surface area contributed by atoms with Gasteiger partial charge in [0.2, 0.25) is 5.28 Å². The van der Waals surface area contributed by atoms with Crippen molar-refractivity contribution in [1.29, 1.82) is 0 Å². The molecule has 0 aliphatic heterocycles. The highest BCUT2D eigenvalue weighted by atomic mass is 35.5. The largest absolute Gasteiger partial charge is 0.443 e. The first-order chi connectivity index (χ1) is 12.3. The Morgan fingerprint density at radius 1 is 1.12 bits per heavy atom. The Balaban J connectivity index is 1.97. The minimum Gasteiger partial charge on any atom is -0.443 e. The van der Waals surface area contributed by atoms with E-state index in [1.54, 1.807) is 16.9 Å². The number of fused-ring (bicyclic) bond motifs is 2. The van der Waals surface area contributed by atoms with Gasteiger partial charge in [-0.3, -0.25) is 4.57 Å². The fraction of sp³-hybridized carbons (Fsp3) is 0.211. The molecule has 1 aromatic carbocycles. The van der Waals surface area contributed by atoms with Gasteiger partial charge in [0.05, 0.1) is 11.0 Å². The zero-order valence-electron chi connectivity index (χ0n) is 14.6. The summed E-state index contributed by atoms with van der Waals surface area (Å²) in [7, 11) is 0. The lowest BCUT2D eigenvalue weighted by atomic mass is 10.1. The average Bonchev–Trinajstić information content (AvgIpc) is 3.16. The van der Waals surface area contributed by atoms with E-state index >= 15 is 0 Å². The smallest absolute Gasteiger partial charge is 0.419 e. The monoisotopic (exact) mass is 368 g/mol. The van der Waals surface area contributed by atoms with Crippen molar-refractivity contribution in [2.45, 2.75) is 26.4 Å². The summed E-state index contributed by atoms with van der Waals surface area (Å²) >= 11 is 6.10. The summed E-state index contributed by atoms with van der Waals surface area (Å²) in [6.07, 6.45) is 3.11. The second kappa shape index (κ2) is 5.85. The van der Waals surface area contributed by atoms with Crippen molar-refractivity contribution >= 4 is 34.1 Å². The number of benzene rings is 1. The highest BCUT2D eigenvalue weighted by molar-refractivity contribution is 6.28. The van der Waals surface area contributed by atoms with E-state index in [1.807, 2.05) is 57.2 Å². The van der Waals surface area contributed by atoms with Gasteiger partial charge < -0.3 is 4.74 Å². The number of rotatable bonds is 1.